The molecule has 6 heteroatoms. The standard InChI is InChI=1S/C8H11N5O/c1-5-8(12-14-11-5)4-13-6(2)7(9)3-10-13/h3H,4,9H2,1-2H3. The third-order valence-corrected chi connectivity index (χ3v) is 2.19. The summed E-state index contributed by atoms with van der Waals surface area (Å²) in [5, 5.41) is 11.6. The highest BCUT2D eigenvalue weighted by Gasteiger charge is 2.09. The summed E-state index contributed by atoms with van der Waals surface area (Å²) in [5.41, 5.74) is 8.82. The van der Waals surface area contributed by atoms with Gasteiger partial charge in [0.1, 0.15) is 11.4 Å². The fourth-order valence-electron chi connectivity index (χ4n) is 1.16. The highest BCUT2D eigenvalue weighted by atomic mass is 16.6. The molecule has 2 rings (SSSR count). The van der Waals surface area contributed by atoms with E-state index in [-0.39, 0.29) is 0 Å². The quantitative estimate of drug-likeness (QED) is 0.751. The first-order valence-electron chi connectivity index (χ1n) is 4.24. The maximum absolute atomic E-state index is 5.66. The van der Waals surface area contributed by atoms with E-state index in [1.807, 2.05) is 13.8 Å². The maximum Gasteiger partial charge on any atom is 0.129 e. The van der Waals surface area contributed by atoms with Crippen molar-refractivity contribution in [3.8, 4) is 0 Å². The van der Waals surface area contributed by atoms with E-state index in [0.29, 0.717) is 12.2 Å². The summed E-state index contributed by atoms with van der Waals surface area (Å²) in [5.74, 6) is 0. The first-order valence-corrected chi connectivity index (χ1v) is 4.24. The fraction of sp³-hybridized carbons (Fsp3) is 0.375. The lowest BCUT2D eigenvalue weighted by atomic mass is 10.3. The Bertz CT molecular complexity index is 444. The van der Waals surface area contributed by atoms with Crippen LogP contribution in [0.5, 0.6) is 0 Å². The Morgan fingerprint density at radius 2 is 2.21 bits per heavy atom. The van der Waals surface area contributed by atoms with Crippen LogP contribution in [0.2, 0.25) is 0 Å². The molecule has 74 valence electrons. The predicted molar refractivity (Wildman–Crippen MR) is 49.5 cm³/mol. The third-order valence-electron chi connectivity index (χ3n) is 2.19. The van der Waals surface area contributed by atoms with E-state index in [2.05, 4.69) is 20.0 Å². The Morgan fingerprint density at radius 1 is 1.43 bits per heavy atom. The van der Waals surface area contributed by atoms with Crippen LogP contribution in [0.3, 0.4) is 0 Å². The van der Waals surface area contributed by atoms with Gasteiger partial charge in [0.05, 0.1) is 24.1 Å². The molecule has 0 amide bonds. The van der Waals surface area contributed by atoms with Crippen molar-refractivity contribution in [3.63, 3.8) is 0 Å². The molecule has 6 nitrogen and oxygen atoms in total. The number of nitrogen functional groups attached to an aromatic ring is 1. The van der Waals surface area contributed by atoms with Crippen molar-refractivity contribution in [2.75, 3.05) is 5.73 Å². The first kappa shape index (κ1) is 8.74. The smallest absolute Gasteiger partial charge is 0.129 e. The first-order chi connectivity index (χ1) is 6.68. The number of hydrogen-bond acceptors (Lipinski definition) is 5. The molecule has 0 aromatic carbocycles. The van der Waals surface area contributed by atoms with Crippen molar-refractivity contribution in [3.05, 3.63) is 23.3 Å². The van der Waals surface area contributed by atoms with E-state index >= 15 is 0 Å². The molecule has 2 aromatic rings. The topological polar surface area (TPSA) is 82.8 Å². The lowest BCUT2D eigenvalue weighted by molar-refractivity contribution is 0.300. The van der Waals surface area contributed by atoms with Gasteiger partial charge in [-0.05, 0) is 13.8 Å². The molecule has 0 unspecified atom stereocenters. The van der Waals surface area contributed by atoms with Crippen LogP contribution in [0, 0.1) is 13.8 Å². The predicted octanol–water partition coefficient (Wildman–Crippen LogP) is 0.513. The van der Waals surface area contributed by atoms with Gasteiger partial charge >= 0.3 is 0 Å². The molecule has 0 aliphatic carbocycles. The Labute approximate surface area is 80.7 Å². The minimum absolute atomic E-state index is 0.540. The van der Waals surface area contributed by atoms with Crippen LogP contribution >= 0.6 is 0 Å². The number of hydrogen-bond donors (Lipinski definition) is 1. The molecule has 0 spiro atoms. The lowest BCUT2D eigenvalue weighted by Crippen LogP contribution is -2.05. The molecule has 0 radical (unpaired) electrons. The van der Waals surface area contributed by atoms with Crippen LogP contribution in [-0.4, -0.2) is 20.1 Å². The van der Waals surface area contributed by atoms with Gasteiger partial charge in [0.25, 0.3) is 0 Å². The van der Waals surface area contributed by atoms with Crippen molar-refractivity contribution < 1.29 is 4.63 Å². The van der Waals surface area contributed by atoms with Gasteiger partial charge in [-0.1, -0.05) is 10.3 Å². The Hall–Kier alpha value is -1.85. The number of anilines is 1. The number of rotatable bonds is 2. The Balaban J connectivity index is 2.27. The average molecular weight is 193 g/mol. The van der Waals surface area contributed by atoms with Gasteiger partial charge in [0.15, 0.2) is 0 Å². The second-order valence-electron chi connectivity index (χ2n) is 3.14. The summed E-state index contributed by atoms with van der Waals surface area (Å²) in [6.45, 7) is 4.29. The summed E-state index contributed by atoms with van der Waals surface area (Å²) >= 11 is 0. The number of aryl methyl sites for hydroxylation is 1. The van der Waals surface area contributed by atoms with Gasteiger partial charge in [-0.25, -0.2) is 4.63 Å². The number of aromatic nitrogens is 4. The molecule has 2 heterocycles. The van der Waals surface area contributed by atoms with Gasteiger partial charge in [0, 0.05) is 0 Å². The zero-order valence-corrected chi connectivity index (χ0v) is 8.06. The molecule has 0 saturated carbocycles. The minimum Gasteiger partial charge on any atom is -0.396 e. The van der Waals surface area contributed by atoms with Gasteiger partial charge < -0.3 is 5.73 Å². The Morgan fingerprint density at radius 3 is 2.71 bits per heavy atom. The highest BCUT2D eigenvalue weighted by molar-refractivity contribution is 5.39. The summed E-state index contributed by atoms with van der Waals surface area (Å²) in [6, 6.07) is 0. The summed E-state index contributed by atoms with van der Waals surface area (Å²) in [6.07, 6.45) is 1.62. The van der Waals surface area contributed by atoms with Gasteiger partial charge in [-0.15, -0.1) is 0 Å². The summed E-state index contributed by atoms with van der Waals surface area (Å²) in [7, 11) is 0. The summed E-state index contributed by atoms with van der Waals surface area (Å²) < 4.78 is 6.36. The third kappa shape index (κ3) is 1.34. The van der Waals surface area contributed by atoms with Gasteiger partial charge in [-0.3, -0.25) is 4.68 Å². The van der Waals surface area contributed by atoms with Crippen molar-refractivity contribution in [2.45, 2.75) is 20.4 Å². The largest absolute Gasteiger partial charge is 0.396 e. The average Bonchev–Trinajstić information content (AvgIpc) is 2.68. The second kappa shape index (κ2) is 3.13. The van der Waals surface area contributed by atoms with Crippen molar-refractivity contribution in [1.29, 1.82) is 0 Å². The van der Waals surface area contributed by atoms with E-state index < -0.39 is 0 Å². The molecule has 14 heavy (non-hydrogen) atoms. The van der Waals surface area contributed by atoms with E-state index in [9.17, 15) is 0 Å². The molecule has 0 fully saturated rings. The SMILES string of the molecule is Cc1nonc1Cn1ncc(N)c1C. The van der Waals surface area contributed by atoms with Crippen LogP contribution in [0.4, 0.5) is 5.69 Å². The fourth-order valence-corrected chi connectivity index (χ4v) is 1.16. The van der Waals surface area contributed by atoms with Crippen LogP contribution in [0.25, 0.3) is 0 Å². The molecule has 0 saturated heterocycles. The molecule has 2 aromatic heterocycles. The van der Waals surface area contributed by atoms with Gasteiger partial charge in [-0.2, -0.15) is 5.10 Å². The van der Waals surface area contributed by atoms with Crippen LogP contribution < -0.4 is 5.73 Å². The normalized spacial score (nSPS) is 10.7. The van der Waals surface area contributed by atoms with Crippen molar-refractivity contribution in [1.82, 2.24) is 20.1 Å². The van der Waals surface area contributed by atoms with Gasteiger partial charge in [0.2, 0.25) is 0 Å². The number of nitrogens with zero attached hydrogens (tertiary/aromatic N) is 4. The molecule has 2 N–H and O–H groups in total. The number of nitrogens with two attached hydrogens (primary N) is 1. The van der Waals surface area contributed by atoms with Crippen LogP contribution in [0.1, 0.15) is 17.1 Å². The molecule has 0 bridgehead atoms. The monoisotopic (exact) mass is 193 g/mol. The molecule has 0 aliphatic rings. The van der Waals surface area contributed by atoms with Crippen LogP contribution in [0.15, 0.2) is 10.8 Å². The zero-order chi connectivity index (χ0) is 10.1. The van der Waals surface area contributed by atoms with E-state index in [4.69, 9.17) is 5.73 Å². The maximum atomic E-state index is 5.66. The van der Waals surface area contributed by atoms with Crippen molar-refractivity contribution in [2.24, 2.45) is 0 Å². The zero-order valence-electron chi connectivity index (χ0n) is 8.06. The minimum atomic E-state index is 0.540. The molecular formula is C8H11N5O. The second-order valence-corrected chi connectivity index (χ2v) is 3.14. The Kier molecular flexibility index (Phi) is 1.95. The molecule has 0 aliphatic heterocycles. The highest BCUT2D eigenvalue weighted by Crippen LogP contribution is 2.11. The lowest BCUT2D eigenvalue weighted by Gasteiger charge is -2.00. The van der Waals surface area contributed by atoms with E-state index in [1.165, 1.54) is 0 Å². The van der Waals surface area contributed by atoms with E-state index in [1.54, 1.807) is 10.9 Å². The molecular weight excluding hydrogens is 182 g/mol. The van der Waals surface area contributed by atoms with Crippen molar-refractivity contribution >= 4 is 5.69 Å². The molecule has 0 atom stereocenters. The summed E-state index contributed by atoms with van der Waals surface area (Å²) in [4.78, 5) is 0. The van der Waals surface area contributed by atoms with E-state index in [0.717, 1.165) is 17.1 Å². The van der Waals surface area contributed by atoms with Crippen LogP contribution in [-0.2, 0) is 6.54 Å².